The van der Waals surface area contributed by atoms with Crippen molar-refractivity contribution in [2.24, 2.45) is 0 Å². The summed E-state index contributed by atoms with van der Waals surface area (Å²) in [7, 11) is 1.75. The summed E-state index contributed by atoms with van der Waals surface area (Å²) in [5.41, 5.74) is 2.55. The summed E-state index contributed by atoms with van der Waals surface area (Å²) in [6.07, 6.45) is 0. The molecular weight excluding hydrogens is 304 g/mol. The zero-order chi connectivity index (χ0) is 16.9. The van der Waals surface area contributed by atoms with Gasteiger partial charge in [-0.2, -0.15) is 0 Å². The number of aromatic hydroxyl groups is 1. The molecule has 2 aromatic rings. The summed E-state index contributed by atoms with van der Waals surface area (Å²) in [5.74, 6) is -0.180. The van der Waals surface area contributed by atoms with Crippen LogP contribution in [-0.4, -0.2) is 49.3 Å². The molecule has 0 atom stereocenters. The van der Waals surface area contributed by atoms with E-state index in [0.717, 1.165) is 37.6 Å². The number of benzene rings is 2. The molecule has 2 aromatic carbocycles. The number of phenolic OH excluding ortho intramolecular Hbond substituents is 1. The number of phenols is 1. The highest BCUT2D eigenvalue weighted by Gasteiger charge is 2.19. The number of carbonyl (C=O) groups is 1. The van der Waals surface area contributed by atoms with Gasteiger partial charge in [0.2, 0.25) is 0 Å². The van der Waals surface area contributed by atoms with Gasteiger partial charge < -0.3 is 19.6 Å². The van der Waals surface area contributed by atoms with E-state index >= 15 is 0 Å². The summed E-state index contributed by atoms with van der Waals surface area (Å²) in [4.78, 5) is 16.5. The van der Waals surface area contributed by atoms with Gasteiger partial charge in [-0.05, 0) is 23.8 Å². The molecule has 0 bridgehead atoms. The summed E-state index contributed by atoms with van der Waals surface area (Å²) in [6.45, 7) is 3.64. The molecule has 0 aromatic heterocycles. The normalized spacial score (nSPS) is 14.5. The van der Waals surface area contributed by atoms with E-state index in [1.807, 2.05) is 18.2 Å². The molecule has 1 amide bonds. The third-order valence-corrected chi connectivity index (χ3v) is 4.23. The lowest BCUT2D eigenvalue weighted by Gasteiger charge is -2.31. The fourth-order valence-electron chi connectivity index (χ4n) is 2.94. The van der Waals surface area contributed by atoms with Crippen LogP contribution in [0.3, 0.4) is 0 Å². The molecule has 0 radical (unpaired) electrons. The quantitative estimate of drug-likeness (QED) is 0.938. The van der Waals surface area contributed by atoms with Gasteiger partial charge in [-0.15, -0.1) is 0 Å². The number of amides is 1. The van der Waals surface area contributed by atoms with Crippen LogP contribution in [0.5, 0.6) is 5.75 Å². The molecule has 1 aliphatic rings. The molecule has 126 valence electrons. The Bertz CT molecular complexity index is 711. The Labute approximate surface area is 142 Å². The maximum absolute atomic E-state index is 12.6. The van der Waals surface area contributed by atoms with Crippen LogP contribution in [0.15, 0.2) is 48.5 Å². The topological polar surface area (TPSA) is 53.0 Å². The molecule has 5 nitrogen and oxygen atoms in total. The van der Waals surface area contributed by atoms with Crippen LogP contribution in [-0.2, 0) is 11.3 Å². The second kappa shape index (κ2) is 7.36. The van der Waals surface area contributed by atoms with Crippen molar-refractivity contribution < 1.29 is 14.6 Å². The molecule has 0 saturated carbocycles. The number of hydrogen-bond acceptors (Lipinski definition) is 4. The maximum Gasteiger partial charge on any atom is 0.257 e. The molecule has 1 saturated heterocycles. The minimum absolute atomic E-state index is 0.0100. The second-order valence-electron chi connectivity index (χ2n) is 5.91. The lowest BCUT2D eigenvalue weighted by molar-refractivity contribution is 0.0782. The number of hydrogen-bond donors (Lipinski definition) is 1. The average Bonchev–Trinajstić information content (AvgIpc) is 2.63. The summed E-state index contributed by atoms with van der Waals surface area (Å²) in [5, 5.41) is 9.88. The first-order valence-electron chi connectivity index (χ1n) is 8.11. The third kappa shape index (κ3) is 3.51. The van der Waals surface area contributed by atoms with Crippen molar-refractivity contribution >= 4 is 11.6 Å². The SMILES string of the molecule is CN(Cc1ccccc1N1CCOCC1)C(=O)c1ccccc1O. The van der Waals surface area contributed by atoms with Crippen molar-refractivity contribution in [1.29, 1.82) is 0 Å². The molecule has 1 fully saturated rings. The van der Waals surface area contributed by atoms with Gasteiger partial charge in [0.25, 0.3) is 5.91 Å². The highest BCUT2D eigenvalue weighted by atomic mass is 16.5. The Morgan fingerprint density at radius 3 is 2.54 bits per heavy atom. The van der Waals surface area contributed by atoms with Gasteiger partial charge >= 0.3 is 0 Å². The van der Waals surface area contributed by atoms with Crippen LogP contribution in [0.25, 0.3) is 0 Å². The number of carbonyl (C=O) groups excluding carboxylic acids is 1. The molecule has 3 rings (SSSR count). The van der Waals surface area contributed by atoms with Gasteiger partial charge in [-0.3, -0.25) is 4.79 Å². The Hall–Kier alpha value is -2.53. The summed E-state index contributed by atoms with van der Waals surface area (Å²) < 4.78 is 5.42. The van der Waals surface area contributed by atoms with Crippen LogP contribution in [0.4, 0.5) is 5.69 Å². The van der Waals surface area contributed by atoms with Crippen LogP contribution in [0.2, 0.25) is 0 Å². The van der Waals surface area contributed by atoms with Crippen molar-refractivity contribution in [1.82, 2.24) is 4.90 Å². The molecular formula is C19H22N2O3. The second-order valence-corrected chi connectivity index (χ2v) is 5.91. The fraction of sp³-hybridized carbons (Fsp3) is 0.316. The minimum Gasteiger partial charge on any atom is -0.507 e. The van der Waals surface area contributed by atoms with Gasteiger partial charge in [0, 0.05) is 32.4 Å². The van der Waals surface area contributed by atoms with E-state index in [2.05, 4.69) is 11.0 Å². The van der Waals surface area contributed by atoms with E-state index in [0.29, 0.717) is 12.1 Å². The Kier molecular flexibility index (Phi) is 5.01. The number of nitrogens with zero attached hydrogens (tertiary/aromatic N) is 2. The van der Waals surface area contributed by atoms with E-state index in [1.165, 1.54) is 6.07 Å². The van der Waals surface area contributed by atoms with E-state index in [9.17, 15) is 9.90 Å². The summed E-state index contributed by atoms with van der Waals surface area (Å²) in [6, 6.07) is 14.8. The molecule has 1 N–H and O–H groups in total. The Morgan fingerprint density at radius 1 is 1.12 bits per heavy atom. The zero-order valence-corrected chi connectivity index (χ0v) is 13.8. The molecule has 5 heteroatoms. The zero-order valence-electron chi connectivity index (χ0n) is 13.8. The highest BCUT2D eigenvalue weighted by Crippen LogP contribution is 2.24. The summed E-state index contributed by atoms with van der Waals surface area (Å²) >= 11 is 0. The molecule has 24 heavy (non-hydrogen) atoms. The van der Waals surface area contributed by atoms with Crippen LogP contribution in [0.1, 0.15) is 15.9 Å². The van der Waals surface area contributed by atoms with E-state index in [-0.39, 0.29) is 11.7 Å². The van der Waals surface area contributed by atoms with Crippen LogP contribution >= 0.6 is 0 Å². The first-order chi connectivity index (χ1) is 11.7. The van der Waals surface area contributed by atoms with Gasteiger partial charge in [0.15, 0.2) is 0 Å². The van der Waals surface area contributed by atoms with Crippen molar-refractivity contribution in [2.45, 2.75) is 6.54 Å². The molecule has 0 aliphatic carbocycles. The standard InChI is InChI=1S/C19H22N2O3/c1-20(19(23)16-7-3-5-9-18(16)22)14-15-6-2-4-8-17(15)21-10-12-24-13-11-21/h2-9,22H,10-14H2,1H3. The minimum atomic E-state index is -0.190. The molecule has 1 heterocycles. The Morgan fingerprint density at radius 2 is 1.79 bits per heavy atom. The van der Waals surface area contributed by atoms with E-state index < -0.39 is 0 Å². The predicted octanol–water partition coefficient (Wildman–Crippen LogP) is 2.50. The predicted molar refractivity (Wildman–Crippen MR) is 93.4 cm³/mol. The number of ether oxygens (including phenoxy) is 1. The third-order valence-electron chi connectivity index (χ3n) is 4.23. The van der Waals surface area contributed by atoms with Gasteiger partial charge in [-0.25, -0.2) is 0 Å². The number of para-hydroxylation sites is 2. The monoisotopic (exact) mass is 326 g/mol. The largest absolute Gasteiger partial charge is 0.507 e. The fourth-order valence-corrected chi connectivity index (χ4v) is 2.94. The van der Waals surface area contributed by atoms with Crippen LogP contribution in [0, 0.1) is 0 Å². The average molecular weight is 326 g/mol. The van der Waals surface area contributed by atoms with Crippen molar-refractivity contribution in [3.8, 4) is 5.75 Å². The first kappa shape index (κ1) is 16.3. The lowest BCUT2D eigenvalue weighted by Crippen LogP contribution is -2.37. The van der Waals surface area contributed by atoms with E-state index in [1.54, 1.807) is 30.1 Å². The highest BCUT2D eigenvalue weighted by molar-refractivity contribution is 5.96. The maximum atomic E-state index is 12.6. The van der Waals surface area contributed by atoms with Crippen molar-refractivity contribution in [3.63, 3.8) is 0 Å². The van der Waals surface area contributed by atoms with Gasteiger partial charge in [0.05, 0.1) is 18.8 Å². The number of morpholine rings is 1. The first-order valence-corrected chi connectivity index (χ1v) is 8.11. The molecule has 0 unspecified atom stereocenters. The molecule has 1 aliphatic heterocycles. The van der Waals surface area contributed by atoms with Crippen molar-refractivity contribution in [2.75, 3.05) is 38.3 Å². The van der Waals surface area contributed by atoms with Gasteiger partial charge in [-0.1, -0.05) is 30.3 Å². The number of rotatable bonds is 4. The number of anilines is 1. The van der Waals surface area contributed by atoms with Crippen molar-refractivity contribution in [3.05, 3.63) is 59.7 Å². The Balaban J connectivity index is 1.78. The van der Waals surface area contributed by atoms with Crippen LogP contribution < -0.4 is 4.90 Å². The smallest absolute Gasteiger partial charge is 0.257 e. The molecule has 0 spiro atoms. The lowest BCUT2D eigenvalue weighted by atomic mass is 10.1. The van der Waals surface area contributed by atoms with E-state index in [4.69, 9.17) is 4.74 Å². The van der Waals surface area contributed by atoms with Gasteiger partial charge in [0.1, 0.15) is 5.75 Å².